The fourth-order valence-electron chi connectivity index (χ4n) is 4.35. The van der Waals surface area contributed by atoms with Crippen molar-refractivity contribution in [3.8, 4) is 0 Å². The fraction of sp³-hybridized carbons (Fsp3) is 0.250. The molecule has 2 atom stereocenters. The Labute approximate surface area is 240 Å². The number of nitrogens with zero attached hydrogens (tertiary/aromatic N) is 2. The van der Waals surface area contributed by atoms with Gasteiger partial charge in [-0.3, -0.25) is 9.59 Å². The van der Waals surface area contributed by atoms with Crippen LogP contribution in [0.25, 0.3) is 0 Å². The Bertz CT molecular complexity index is 1370. The van der Waals surface area contributed by atoms with Crippen molar-refractivity contribution in [3.63, 3.8) is 0 Å². The van der Waals surface area contributed by atoms with E-state index in [1.54, 1.807) is 6.20 Å². The number of aromatic amines is 1. The first-order valence-corrected chi connectivity index (χ1v) is 13.6. The smallest absolute Gasteiger partial charge is 0.408 e. The molecule has 0 aliphatic heterocycles. The largest absolute Gasteiger partial charge is 0.445 e. The molecule has 0 fully saturated rings. The highest BCUT2D eigenvalue weighted by atomic mass is 16.5. The summed E-state index contributed by atoms with van der Waals surface area (Å²) >= 11 is 0. The molecule has 212 valence electrons. The topological polar surface area (TPSA) is 116 Å². The van der Waals surface area contributed by atoms with E-state index in [-0.39, 0.29) is 37.9 Å². The number of carbonyl (C=O) groups excluding carboxylic acids is 3. The maximum absolute atomic E-state index is 13.9. The van der Waals surface area contributed by atoms with Crippen molar-refractivity contribution < 1.29 is 19.1 Å². The molecule has 4 rings (SSSR count). The van der Waals surface area contributed by atoms with Crippen LogP contribution in [0.3, 0.4) is 0 Å². The van der Waals surface area contributed by atoms with E-state index in [0.29, 0.717) is 12.2 Å². The summed E-state index contributed by atoms with van der Waals surface area (Å²) in [5.41, 5.74) is 3.46. The molecule has 1 aromatic heterocycles. The zero-order chi connectivity index (χ0) is 28.9. The van der Waals surface area contributed by atoms with Gasteiger partial charge in [-0.1, -0.05) is 97.9 Å². The van der Waals surface area contributed by atoms with Crippen LogP contribution in [-0.4, -0.2) is 51.9 Å². The summed E-state index contributed by atoms with van der Waals surface area (Å²) in [5, 5.41) is 5.66. The van der Waals surface area contributed by atoms with E-state index in [4.69, 9.17) is 4.74 Å². The van der Waals surface area contributed by atoms with E-state index in [2.05, 4.69) is 20.6 Å². The fourth-order valence-corrected chi connectivity index (χ4v) is 4.35. The molecule has 0 saturated heterocycles. The van der Waals surface area contributed by atoms with Crippen molar-refractivity contribution in [2.75, 3.05) is 13.1 Å². The Hall–Kier alpha value is -4.92. The Morgan fingerprint density at radius 3 is 2.17 bits per heavy atom. The van der Waals surface area contributed by atoms with Crippen LogP contribution in [0.1, 0.15) is 35.2 Å². The predicted octanol–water partition coefficient (Wildman–Crippen LogP) is 4.20. The minimum Gasteiger partial charge on any atom is -0.445 e. The summed E-state index contributed by atoms with van der Waals surface area (Å²) in [4.78, 5) is 48.2. The molecule has 3 aromatic carbocycles. The molecule has 3 N–H and O–H groups in total. The van der Waals surface area contributed by atoms with Gasteiger partial charge in [0.25, 0.3) is 0 Å². The highest BCUT2D eigenvalue weighted by Gasteiger charge is 2.29. The third-order valence-corrected chi connectivity index (χ3v) is 6.62. The molecule has 3 amide bonds. The molecular weight excluding hydrogens is 518 g/mol. The van der Waals surface area contributed by atoms with Gasteiger partial charge in [0, 0.05) is 31.4 Å². The minimum atomic E-state index is -0.988. The normalized spacial score (nSPS) is 12.1. The van der Waals surface area contributed by atoms with Crippen molar-refractivity contribution in [2.45, 2.75) is 38.5 Å². The van der Waals surface area contributed by atoms with Gasteiger partial charge in [-0.25, -0.2) is 9.78 Å². The van der Waals surface area contributed by atoms with E-state index in [1.165, 1.54) is 11.2 Å². The molecule has 41 heavy (non-hydrogen) atoms. The first kappa shape index (κ1) is 29.1. The van der Waals surface area contributed by atoms with Gasteiger partial charge in [-0.15, -0.1) is 0 Å². The highest BCUT2D eigenvalue weighted by Crippen LogP contribution is 2.14. The second-order valence-electron chi connectivity index (χ2n) is 9.84. The third kappa shape index (κ3) is 9.35. The van der Waals surface area contributed by atoms with Gasteiger partial charge in [0.1, 0.15) is 12.6 Å². The molecule has 0 unspecified atom stereocenters. The molecule has 0 aliphatic rings. The number of hydrogen-bond donors (Lipinski definition) is 3. The number of alkyl carbamates (subject to hydrolysis) is 1. The van der Waals surface area contributed by atoms with Gasteiger partial charge in [0.2, 0.25) is 11.8 Å². The van der Waals surface area contributed by atoms with Crippen molar-refractivity contribution >= 4 is 17.9 Å². The van der Waals surface area contributed by atoms with Crippen LogP contribution in [-0.2, 0) is 33.9 Å². The summed E-state index contributed by atoms with van der Waals surface area (Å²) in [7, 11) is 0. The summed E-state index contributed by atoms with van der Waals surface area (Å²) in [6.45, 7) is 2.55. The maximum Gasteiger partial charge on any atom is 0.408 e. The van der Waals surface area contributed by atoms with Crippen LogP contribution >= 0.6 is 0 Å². The minimum absolute atomic E-state index is 0.0629. The molecular formula is C32H35N5O4. The number of rotatable bonds is 13. The average Bonchev–Trinajstić information content (AvgIpc) is 3.52. The number of aromatic nitrogens is 2. The lowest BCUT2D eigenvalue weighted by atomic mass is 10.0. The van der Waals surface area contributed by atoms with Crippen molar-refractivity contribution in [2.24, 2.45) is 0 Å². The average molecular weight is 554 g/mol. The molecule has 0 radical (unpaired) electrons. The van der Waals surface area contributed by atoms with Crippen molar-refractivity contribution in [3.05, 3.63) is 126 Å². The zero-order valence-corrected chi connectivity index (χ0v) is 23.0. The van der Waals surface area contributed by atoms with Crippen molar-refractivity contribution in [1.29, 1.82) is 0 Å². The first-order chi connectivity index (χ1) is 20.0. The van der Waals surface area contributed by atoms with Crippen LogP contribution in [0.5, 0.6) is 0 Å². The Morgan fingerprint density at radius 1 is 0.902 bits per heavy atom. The number of carbonyl (C=O) groups is 3. The Balaban J connectivity index is 1.46. The quantitative estimate of drug-likeness (QED) is 0.230. The number of imidazole rings is 1. The second-order valence-corrected chi connectivity index (χ2v) is 9.84. The summed E-state index contributed by atoms with van der Waals surface area (Å²) in [6, 6.07) is 27.6. The number of nitrogens with one attached hydrogen (secondary N) is 3. The molecule has 0 saturated carbocycles. The first-order valence-electron chi connectivity index (χ1n) is 13.6. The number of hydrogen-bond acceptors (Lipinski definition) is 5. The lowest BCUT2D eigenvalue weighted by Crippen LogP contribution is -2.52. The molecule has 9 heteroatoms. The third-order valence-electron chi connectivity index (χ3n) is 6.62. The van der Waals surface area contributed by atoms with E-state index in [0.717, 1.165) is 16.7 Å². The summed E-state index contributed by atoms with van der Waals surface area (Å²) < 4.78 is 5.39. The lowest BCUT2D eigenvalue weighted by molar-refractivity contribution is -0.138. The van der Waals surface area contributed by atoms with E-state index in [1.807, 2.05) is 97.9 Å². The van der Waals surface area contributed by atoms with Crippen LogP contribution in [0.15, 0.2) is 104 Å². The van der Waals surface area contributed by atoms with Crippen LogP contribution in [0, 0.1) is 0 Å². The van der Waals surface area contributed by atoms with Gasteiger partial charge < -0.3 is 25.3 Å². The Morgan fingerprint density at radius 2 is 1.54 bits per heavy atom. The van der Waals surface area contributed by atoms with Gasteiger partial charge in [-0.05, 0) is 22.6 Å². The maximum atomic E-state index is 13.9. The molecule has 0 bridgehead atoms. The molecule has 4 aromatic rings. The van der Waals surface area contributed by atoms with E-state index < -0.39 is 18.0 Å². The number of H-pyrrole nitrogens is 1. The van der Waals surface area contributed by atoms with Gasteiger partial charge in [0.15, 0.2) is 0 Å². The molecule has 1 heterocycles. The van der Waals surface area contributed by atoms with E-state index >= 15 is 0 Å². The van der Waals surface area contributed by atoms with Crippen LogP contribution in [0.4, 0.5) is 4.79 Å². The summed E-state index contributed by atoms with van der Waals surface area (Å²) in [5.74, 6) is -0.594. The summed E-state index contributed by atoms with van der Waals surface area (Å²) in [6.07, 6.45) is 2.52. The number of ether oxygens (including phenoxy) is 1. The Kier molecular flexibility index (Phi) is 10.7. The molecule has 0 aliphatic carbocycles. The standard InChI is InChI=1S/C32H35N5O4/c1-24(27-15-9-4-10-16-27)18-34-30(38)21-37(20-25-11-5-2-6-12-25)31(39)29(17-28-19-33-23-35-28)36-32(40)41-22-26-13-7-3-8-14-26/h2-16,19,23-24,29H,17-18,20-22H2,1H3,(H,33,35)(H,34,38)(H,36,40)/t24-,29+/m1/s1. The number of amides is 3. The van der Waals surface area contributed by atoms with Gasteiger partial charge >= 0.3 is 6.09 Å². The zero-order valence-electron chi connectivity index (χ0n) is 23.0. The van der Waals surface area contributed by atoms with Gasteiger partial charge in [0.05, 0.1) is 12.9 Å². The van der Waals surface area contributed by atoms with Crippen LogP contribution < -0.4 is 10.6 Å². The van der Waals surface area contributed by atoms with Gasteiger partial charge in [-0.2, -0.15) is 0 Å². The van der Waals surface area contributed by atoms with Crippen LogP contribution in [0.2, 0.25) is 0 Å². The second kappa shape index (κ2) is 15.0. The molecule has 9 nitrogen and oxygen atoms in total. The van der Waals surface area contributed by atoms with E-state index in [9.17, 15) is 14.4 Å². The number of benzene rings is 3. The molecule has 0 spiro atoms. The van der Waals surface area contributed by atoms with Crippen molar-refractivity contribution in [1.82, 2.24) is 25.5 Å². The lowest BCUT2D eigenvalue weighted by Gasteiger charge is -2.27. The highest BCUT2D eigenvalue weighted by molar-refractivity contribution is 5.89. The monoisotopic (exact) mass is 553 g/mol. The SMILES string of the molecule is C[C@H](CNC(=O)CN(Cc1ccccc1)C(=O)[C@H](Cc1cnc[nH]1)NC(=O)OCc1ccccc1)c1ccccc1. The predicted molar refractivity (Wildman–Crippen MR) is 156 cm³/mol.